The molecule has 0 fully saturated rings. The van der Waals surface area contributed by atoms with Gasteiger partial charge in [-0.15, -0.1) is 0 Å². The van der Waals surface area contributed by atoms with E-state index in [1.165, 1.54) is 0 Å². The van der Waals surface area contributed by atoms with Gasteiger partial charge in [-0.3, -0.25) is 4.79 Å². The van der Waals surface area contributed by atoms with Crippen LogP contribution in [0.4, 0.5) is 0 Å². The number of carboxylic acid groups (broad SMARTS) is 1. The fourth-order valence-corrected chi connectivity index (χ4v) is 1.42. The van der Waals surface area contributed by atoms with Gasteiger partial charge in [0.1, 0.15) is 0 Å². The normalized spacial score (nSPS) is 12.6. The highest BCUT2D eigenvalue weighted by molar-refractivity contribution is 5.67. The molecule has 1 heterocycles. The van der Waals surface area contributed by atoms with Gasteiger partial charge in [0, 0.05) is 12.1 Å². The van der Waals surface area contributed by atoms with Gasteiger partial charge in [0.25, 0.3) is 0 Å². The minimum atomic E-state index is -0.796. The van der Waals surface area contributed by atoms with Crippen molar-refractivity contribution in [1.82, 2.24) is 9.97 Å². The zero-order valence-corrected chi connectivity index (χ0v) is 7.94. The summed E-state index contributed by atoms with van der Waals surface area (Å²) in [6.45, 7) is 0.584. The minimum Gasteiger partial charge on any atom is -0.481 e. The molecule has 0 spiro atoms. The smallest absolute Gasteiger partial charge is 0.304 e. The van der Waals surface area contributed by atoms with E-state index in [0.717, 1.165) is 18.5 Å². The Morgan fingerprint density at radius 1 is 1.71 bits per heavy atom. The molecule has 0 aliphatic carbocycles. The molecule has 1 unspecified atom stereocenters. The number of nitrogens with two attached hydrogens (primary N) is 1. The van der Waals surface area contributed by atoms with E-state index in [0.29, 0.717) is 6.54 Å². The van der Waals surface area contributed by atoms with Crippen LogP contribution in [0, 0.1) is 0 Å². The van der Waals surface area contributed by atoms with E-state index in [-0.39, 0.29) is 12.3 Å². The minimum absolute atomic E-state index is 0.0256. The summed E-state index contributed by atoms with van der Waals surface area (Å²) in [5.74, 6) is -0.822. The monoisotopic (exact) mass is 197 g/mol. The van der Waals surface area contributed by atoms with Crippen LogP contribution in [0.1, 0.15) is 30.9 Å². The van der Waals surface area contributed by atoms with Crippen molar-refractivity contribution in [2.45, 2.75) is 25.2 Å². The topological polar surface area (TPSA) is 92.0 Å². The summed E-state index contributed by atoms with van der Waals surface area (Å²) < 4.78 is 0. The number of carbonyl (C=O) groups is 1. The fourth-order valence-electron chi connectivity index (χ4n) is 1.42. The maximum absolute atomic E-state index is 10.6. The molecule has 0 aromatic carbocycles. The average Bonchev–Trinajstić information content (AvgIpc) is 2.64. The number of aliphatic carboxylic acids is 1. The van der Waals surface area contributed by atoms with Crippen LogP contribution < -0.4 is 5.73 Å². The summed E-state index contributed by atoms with van der Waals surface area (Å²) in [6, 6.07) is 0. The number of rotatable bonds is 6. The number of aromatic nitrogens is 2. The highest BCUT2D eigenvalue weighted by Crippen LogP contribution is 2.22. The molecule has 1 atom stereocenters. The largest absolute Gasteiger partial charge is 0.481 e. The Kier molecular flexibility index (Phi) is 4.12. The third-order valence-electron chi connectivity index (χ3n) is 2.12. The van der Waals surface area contributed by atoms with Gasteiger partial charge in [0.15, 0.2) is 0 Å². The number of imidazole rings is 1. The molecular formula is C9H15N3O2. The van der Waals surface area contributed by atoms with E-state index in [4.69, 9.17) is 10.8 Å². The van der Waals surface area contributed by atoms with Gasteiger partial charge in [-0.1, -0.05) is 0 Å². The first kappa shape index (κ1) is 10.7. The van der Waals surface area contributed by atoms with Crippen molar-refractivity contribution in [2.24, 2.45) is 5.73 Å². The van der Waals surface area contributed by atoms with Gasteiger partial charge in [-0.2, -0.15) is 0 Å². The highest BCUT2D eigenvalue weighted by atomic mass is 16.4. The molecule has 1 rings (SSSR count). The highest BCUT2D eigenvalue weighted by Gasteiger charge is 2.16. The quantitative estimate of drug-likeness (QED) is 0.626. The molecule has 0 saturated carbocycles. The van der Waals surface area contributed by atoms with Crippen LogP contribution in [0.25, 0.3) is 0 Å². The lowest BCUT2D eigenvalue weighted by molar-refractivity contribution is -0.137. The van der Waals surface area contributed by atoms with E-state index < -0.39 is 5.97 Å². The maximum atomic E-state index is 10.6. The predicted octanol–water partition coefficient (Wildman–Crippen LogP) is 0.707. The molecule has 5 nitrogen and oxygen atoms in total. The van der Waals surface area contributed by atoms with Crippen molar-refractivity contribution in [2.75, 3.05) is 6.54 Å². The van der Waals surface area contributed by atoms with Gasteiger partial charge in [-0.05, 0) is 19.4 Å². The Hall–Kier alpha value is -1.36. The molecule has 0 aliphatic heterocycles. The maximum Gasteiger partial charge on any atom is 0.304 e. The Bertz CT molecular complexity index is 272. The Labute approximate surface area is 82.3 Å². The van der Waals surface area contributed by atoms with Crippen molar-refractivity contribution in [3.05, 3.63) is 18.2 Å². The van der Waals surface area contributed by atoms with Gasteiger partial charge < -0.3 is 15.8 Å². The van der Waals surface area contributed by atoms with Crippen LogP contribution in [0.5, 0.6) is 0 Å². The first-order chi connectivity index (χ1) is 6.74. The first-order valence-electron chi connectivity index (χ1n) is 4.64. The van der Waals surface area contributed by atoms with Crippen LogP contribution in [-0.2, 0) is 4.79 Å². The summed E-state index contributed by atoms with van der Waals surface area (Å²) >= 11 is 0. The molecule has 0 radical (unpaired) electrons. The van der Waals surface area contributed by atoms with E-state index >= 15 is 0 Å². The number of hydrogen-bond acceptors (Lipinski definition) is 3. The lowest BCUT2D eigenvalue weighted by Gasteiger charge is -2.10. The molecule has 1 aromatic heterocycles. The van der Waals surface area contributed by atoms with E-state index in [1.807, 2.05) is 0 Å². The second-order valence-corrected chi connectivity index (χ2v) is 3.22. The molecule has 0 aliphatic rings. The van der Waals surface area contributed by atoms with Crippen molar-refractivity contribution < 1.29 is 9.90 Å². The third-order valence-corrected chi connectivity index (χ3v) is 2.12. The van der Waals surface area contributed by atoms with Crippen molar-refractivity contribution in [3.8, 4) is 0 Å². The lowest BCUT2D eigenvalue weighted by atomic mass is 9.96. The van der Waals surface area contributed by atoms with Crippen LogP contribution in [0.3, 0.4) is 0 Å². The third kappa shape index (κ3) is 3.18. The first-order valence-corrected chi connectivity index (χ1v) is 4.64. The van der Waals surface area contributed by atoms with Crippen LogP contribution in [0.2, 0.25) is 0 Å². The molecule has 1 aromatic rings. The summed E-state index contributed by atoms with van der Waals surface area (Å²) in [4.78, 5) is 17.5. The molecular weight excluding hydrogens is 182 g/mol. The molecule has 0 saturated heterocycles. The Morgan fingerprint density at radius 2 is 2.50 bits per heavy atom. The fraction of sp³-hybridized carbons (Fsp3) is 0.556. The number of nitrogens with zero attached hydrogens (tertiary/aromatic N) is 1. The van der Waals surface area contributed by atoms with Crippen molar-refractivity contribution in [1.29, 1.82) is 0 Å². The Morgan fingerprint density at radius 3 is 3.00 bits per heavy atom. The van der Waals surface area contributed by atoms with Crippen molar-refractivity contribution >= 4 is 5.97 Å². The molecule has 0 bridgehead atoms. The van der Waals surface area contributed by atoms with E-state index in [9.17, 15) is 4.79 Å². The standard InChI is InChI=1S/C9H15N3O2/c10-3-1-2-7(4-9(13)14)8-5-11-6-12-8/h5-7H,1-4,10H2,(H,11,12)(H,13,14). The van der Waals surface area contributed by atoms with Crippen LogP contribution in [0.15, 0.2) is 12.5 Å². The van der Waals surface area contributed by atoms with Gasteiger partial charge >= 0.3 is 5.97 Å². The summed E-state index contributed by atoms with van der Waals surface area (Å²) in [7, 11) is 0. The summed E-state index contributed by atoms with van der Waals surface area (Å²) in [5, 5.41) is 8.71. The summed E-state index contributed by atoms with van der Waals surface area (Å²) in [5.41, 5.74) is 6.19. The SMILES string of the molecule is NCCCC(CC(=O)O)c1c[nH]cn1. The zero-order chi connectivity index (χ0) is 10.4. The summed E-state index contributed by atoms with van der Waals surface area (Å²) in [6.07, 6.45) is 5.01. The van der Waals surface area contributed by atoms with Gasteiger partial charge in [-0.25, -0.2) is 4.98 Å². The molecule has 5 heteroatoms. The molecule has 78 valence electrons. The second kappa shape index (κ2) is 5.39. The van der Waals surface area contributed by atoms with Crippen LogP contribution >= 0.6 is 0 Å². The van der Waals surface area contributed by atoms with E-state index in [1.54, 1.807) is 12.5 Å². The average molecular weight is 197 g/mol. The zero-order valence-electron chi connectivity index (χ0n) is 7.94. The molecule has 4 N–H and O–H groups in total. The lowest BCUT2D eigenvalue weighted by Crippen LogP contribution is -2.09. The number of aromatic amines is 1. The van der Waals surface area contributed by atoms with Gasteiger partial charge in [0.05, 0.1) is 18.4 Å². The second-order valence-electron chi connectivity index (χ2n) is 3.22. The molecule has 14 heavy (non-hydrogen) atoms. The van der Waals surface area contributed by atoms with E-state index in [2.05, 4.69) is 9.97 Å². The number of carboxylic acids is 1. The Balaban J connectivity index is 2.57. The van der Waals surface area contributed by atoms with Crippen molar-refractivity contribution in [3.63, 3.8) is 0 Å². The predicted molar refractivity (Wildman–Crippen MR) is 51.9 cm³/mol. The number of H-pyrrole nitrogens is 1. The molecule has 0 amide bonds. The number of hydrogen-bond donors (Lipinski definition) is 3. The van der Waals surface area contributed by atoms with Gasteiger partial charge in [0.2, 0.25) is 0 Å². The van der Waals surface area contributed by atoms with Crippen LogP contribution in [-0.4, -0.2) is 27.6 Å². The number of nitrogens with one attached hydrogen (secondary N) is 1.